The molecular weight excluding hydrogens is 477 g/mol. The Bertz CT molecular complexity index is 870. The van der Waals surface area contributed by atoms with Gasteiger partial charge in [0.2, 0.25) is 0 Å². The molecular formula is C16H10F6N2O4Se. The van der Waals surface area contributed by atoms with Crippen LogP contribution in [0.15, 0.2) is 36.4 Å². The van der Waals surface area contributed by atoms with Crippen molar-refractivity contribution in [3.05, 3.63) is 78.9 Å². The number of hydrogen-bond donors (Lipinski definition) is 0. The van der Waals surface area contributed by atoms with Crippen molar-refractivity contribution in [1.82, 2.24) is 0 Å². The summed E-state index contributed by atoms with van der Waals surface area (Å²) in [5, 5.41) is 22.1. The minimum absolute atomic E-state index is 0.0116. The SMILES string of the molecule is O=[N+]([O-])c1cc(C(F)(F)F)ccc1C[Se]Cc1ccc(C(F)(F)F)cc1[N+](=O)[O-]. The van der Waals surface area contributed by atoms with Crippen LogP contribution in [0.1, 0.15) is 22.3 Å². The monoisotopic (exact) mass is 488 g/mol. The number of alkyl halides is 6. The van der Waals surface area contributed by atoms with Crippen molar-refractivity contribution in [2.75, 3.05) is 0 Å². The quantitative estimate of drug-likeness (QED) is 0.250. The van der Waals surface area contributed by atoms with E-state index in [0.29, 0.717) is 24.3 Å². The molecule has 0 heterocycles. The van der Waals surface area contributed by atoms with Crippen LogP contribution in [0.5, 0.6) is 0 Å². The van der Waals surface area contributed by atoms with E-state index in [1.165, 1.54) is 0 Å². The number of nitro benzene ring substituents is 2. The standard InChI is InChI=1S/C16H10F6N2O4Se/c17-15(18,19)11-3-1-9(13(5-11)23(25)26)7-29-8-10-2-4-12(16(20,21)22)6-14(10)24(27)28/h1-6H,7-8H2. The molecule has 0 amide bonds. The second kappa shape index (κ2) is 8.37. The van der Waals surface area contributed by atoms with Gasteiger partial charge in [0.1, 0.15) is 0 Å². The van der Waals surface area contributed by atoms with Crippen molar-refractivity contribution in [3.63, 3.8) is 0 Å². The summed E-state index contributed by atoms with van der Waals surface area (Å²) in [6, 6.07) is 4.13. The van der Waals surface area contributed by atoms with Gasteiger partial charge in [-0.3, -0.25) is 0 Å². The van der Waals surface area contributed by atoms with Crippen LogP contribution in [-0.4, -0.2) is 24.8 Å². The summed E-state index contributed by atoms with van der Waals surface area (Å²) in [5.74, 6) is 0. The number of nitro groups is 2. The number of halogens is 6. The van der Waals surface area contributed by atoms with Gasteiger partial charge in [0.25, 0.3) is 0 Å². The Morgan fingerprint density at radius 3 is 1.34 bits per heavy atom. The first-order chi connectivity index (χ1) is 13.3. The van der Waals surface area contributed by atoms with Gasteiger partial charge < -0.3 is 0 Å². The van der Waals surface area contributed by atoms with Crippen LogP contribution in [0.2, 0.25) is 0 Å². The summed E-state index contributed by atoms with van der Waals surface area (Å²) >= 11 is -0.588. The zero-order chi connectivity index (χ0) is 22.0. The Balaban J connectivity index is 2.22. The maximum absolute atomic E-state index is 12.7. The summed E-state index contributed by atoms with van der Waals surface area (Å²) in [7, 11) is 0. The predicted octanol–water partition coefficient (Wildman–Crippen LogP) is 4.95. The summed E-state index contributed by atoms with van der Waals surface area (Å²) in [5.41, 5.74) is -3.81. The third kappa shape index (κ3) is 5.67. The topological polar surface area (TPSA) is 86.3 Å². The van der Waals surface area contributed by atoms with Gasteiger partial charge in [-0.15, -0.1) is 0 Å². The Morgan fingerprint density at radius 1 is 0.724 bits per heavy atom. The molecule has 0 aliphatic carbocycles. The van der Waals surface area contributed by atoms with Crippen molar-refractivity contribution in [2.24, 2.45) is 0 Å². The van der Waals surface area contributed by atoms with E-state index in [1.807, 2.05) is 0 Å². The van der Waals surface area contributed by atoms with Gasteiger partial charge in [-0.05, 0) is 0 Å². The maximum atomic E-state index is 12.7. The van der Waals surface area contributed by atoms with Gasteiger partial charge >= 0.3 is 164 Å². The molecule has 0 bridgehead atoms. The molecule has 0 saturated carbocycles. The van der Waals surface area contributed by atoms with Crippen molar-refractivity contribution in [2.45, 2.75) is 23.0 Å². The molecule has 6 nitrogen and oxygen atoms in total. The van der Waals surface area contributed by atoms with E-state index in [4.69, 9.17) is 0 Å². The number of nitrogens with zero attached hydrogens (tertiary/aromatic N) is 2. The molecule has 13 heteroatoms. The van der Waals surface area contributed by atoms with Crippen LogP contribution in [0.4, 0.5) is 37.7 Å². The summed E-state index contributed by atoms with van der Waals surface area (Å²) in [4.78, 5) is 20.2. The first-order valence-electron chi connectivity index (χ1n) is 7.57. The summed E-state index contributed by atoms with van der Waals surface area (Å²) in [6.45, 7) is 0. The molecule has 156 valence electrons. The van der Waals surface area contributed by atoms with E-state index in [9.17, 15) is 46.6 Å². The van der Waals surface area contributed by atoms with E-state index >= 15 is 0 Å². The molecule has 2 aromatic rings. The van der Waals surface area contributed by atoms with Gasteiger partial charge in [-0.1, -0.05) is 0 Å². The van der Waals surface area contributed by atoms with Crippen molar-refractivity contribution < 1.29 is 36.2 Å². The molecule has 2 rings (SSSR count). The van der Waals surface area contributed by atoms with Crippen LogP contribution in [-0.2, 0) is 23.0 Å². The molecule has 0 radical (unpaired) electrons. The van der Waals surface area contributed by atoms with E-state index < -0.39 is 59.7 Å². The van der Waals surface area contributed by atoms with Crippen LogP contribution in [0.3, 0.4) is 0 Å². The molecule has 0 atom stereocenters. The van der Waals surface area contributed by atoms with E-state index in [0.717, 1.165) is 12.1 Å². The van der Waals surface area contributed by atoms with Crippen molar-refractivity contribution >= 4 is 26.3 Å². The average molecular weight is 487 g/mol. The molecule has 0 aromatic heterocycles. The van der Waals surface area contributed by atoms with Crippen LogP contribution < -0.4 is 0 Å². The Morgan fingerprint density at radius 2 is 1.07 bits per heavy atom. The van der Waals surface area contributed by atoms with Gasteiger partial charge in [0.15, 0.2) is 0 Å². The number of rotatable bonds is 6. The molecule has 0 aliphatic heterocycles. The molecule has 0 fully saturated rings. The zero-order valence-electron chi connectivity index (χ0n) is 14.1. The fraction of sp³-hybridized carbons (Fsp3) is 0.250. The van der Waals surface area contributed by atoms with E-state index in [2.05, 4.69) is 0 Å². The Hall–Kier alpha value is -2.66. The molecule has 0 spiro atoms. The van der Waals surface area contributed by atoms with Crippen LogP contribution in [0, 0.1) is 20.2 Å². The molecule has 29 heavy (non-hydrogen) atoms. The molecule has 0 N–H and O–H groups in total. The van der Waals surface area contributed by atoms with Crippen molar-refractivity contribution in [3.8, 4) is 0 Å². The molecule has 2 aromatic carbocycles. The second-order valence-electron chi connectivity index (χ2n) is 5.69. The fourth-order valence-corrected chi connectivity index (χ4v) is 4.50. The average Bonchev–Trinajstić information content (AvgIpc) is 2.60. The normalized spacial score (nSPS) is 12.1. The van der Waals surface area contributed by atoms with E-state index in [1.54, 1.807) is 0 Å². The van der Waals surface area contributed by atoms with Gasteiger partial charge in [-0.2, -0.15) is 0 Å². The molecule has 0 unspecified atom stereocenters. The fourth-order valence-electron chi connectivity index (χ4n) is 2.34. The zero-order valence-corrected chi connectivity index (χ0v) is 15.8. The van der Waals surface area contributed by atoms with Gasteiger partial charge in [0, 0.05) is 0 Å². The summed E-state index contributed by atoms with van der Waals surface area (Å²) < 4.78 is 76.3. The van der Waals surface area contributed by atoms with Crippen LogP contribution in [0.25, 0.3) is 0 Å². The van der Waals surface area contributed by atoms with Crippen LogP contribution >= 0.6 is 0 Å². The number of hydrogen-bond acceptors (Lipinski definition) is 4. The third-order valence-corrected chi connectivity index (χ3v) is 5.90. The van der Waals surface area contributed by atoms with Crippen molar-refractivity contribution in [1.29, 1.82) is 0 Å². The van der Waals surface area contributed by atoms with E-state index in [-0.39, 0.29) is 21.8 Å². The third-order valence-electron chi connectivity index (χ3n) is 3.73. The van der Waals surface area contributed by atoms with Gasteiger partial charge in [-0.25, -0.2) is 0 Å². The first-order valence-corrected chi connectivity index (χ1v) is 9.99. The molecule has 0 saturated heterocycles. The Labute approximate surface area is 165 Å². The first kappa shape index (κ1) is 22.6. The second-order valence-corrected chi connectivity index (χ2v) is 7.76. The predicted molar refractivity (Wildman–Crippen MR) is 89.4 cm³/mol. The minimum atomic E-state index is -4.75. The van der Waals surface area contributed by atoms with Gasteiger partial charge in [0.05, 0.1) is 0 Å². The Kier molecular flexibility index (Phi) is 6.53. The summed E-state index contributed by atoms with van der Waals surface area (Å²) in [6.07, 6.45) is -9.51. The molecule has 0 aliphatic rings. The number of benzene rings is 2.